The van der Waals surface area contributed by atoms with Gasteiger partial charge in [-0.3, -0.25) is 4.79 Å². The molecule has 0 amide bonds. The second kappa shape index (κ2) is 4.89. The highest BCUT2D eigenvalue weighted by Gasteiger charge is 2.18. The topological polar surface area (TPSA) is 17.1 Å². The van der Waals surface area contributed by atoms with Gasteiger partial charge in [-0.05, 0) is 18.6 Å². The molecule has 76 valence electrons. The summed E-state index contributed by atoms with van der Waals surface area (Å²) in [4.78, 5) is 11.4. The Hall–Kier alpha value is -0.410. The van der Waals surface area contributed by atoms with E-state index in [1.54, 1.807) is 12.1 Å². The first-order valence-electron chi connectivity index (χ1n) is 4.09. The lowest BCUT2D eigenvalue weighted by Crippen LogP contribution is -2.13. The Labute approximate surface area is 95.4 Å². The van der Waals surface area contributed by atoms with Crippen LogP contribution in [-0.2, 0) is 5.33 Å². The van der Waals surface area contributed by atoms with Crippen LogP contribution in [0.4, 0.5) is 4.39 Å². The van der Waals surface area contributed by atoms with Gasteiger partial charge in [0.25, 0.3) is 0 Å². The summed E-state index contributed by atoms with van der Waals surface area (Å²) in [5.41, 5.74) is 0.526. The molecule has 0 aliphatic heterocycles. The van der Waals surface area contributed by atoms with Gasteiger partial charge in [-0.1, -0.05) is 28.1 Å². The normalized spacial score (nSPS) is 12.6. The average Bonchev–Trinajstić information content (AvgIpc) is 2.17. The molecule has 4 heteroatoms. The van der Waals surface area contributed by atoms with E-state index in [-0.39, 0.29) is 11.3 Å². The van der Waals surface area contributed by atoms with Crippen molar-refractivity contribution in [3.05, 3.63) is 35.1 Å². The van der Waals surface area contributed by atoms with E-state index >= 15 is 0 Å². The van der Waals surface area contributed by atoms with Crippen molar-refractivity contribution in [1.29, 1.82) is 0 Å². The highest BCUT2D eigenvalue weighted by molar-refractivity contribution is 9.08. The molecule has 1 rings (SSSR count). The summed E-state index contributed by atoms with van der Waals surface area (Å²) in [7, 11) is 0. The first-order valence-corrected chi connectivity index (χ1v) is 5.65. The van der Waals surface area contributed by atoms with Gasteiger partial charge in [-0.2, -0.15) is 0 Å². The van der Waals surface area contributed by atoms with Crippen LogP contribution in [0.3, 0.4) is 0 Å². The van der Waals surface area contributed by atoms with Crippen LogP contribution in [0.15, 0.2) is 18.2 Å². The number of alkyl halides is 2. The Balaban J connectivity index is 3.16. The zero-order chi connectivity index (χ0) is 10.7. The lowest BCUT2D eigenvalue weighted by molar-refractivity contribution is 0.0987. The van der Waals surface area contributed by atoms with E-state index in [1.165, 1.54) is 13.0 Å². The summed E-state index contributed by atoms with van der Waals surface area (Å²) in [5.74, 6) is -0.867. The van der Waals surface area contributed by atoms with E-state index in [4.69, 9.17) is 11.6 Å². The maximum Gasteiger partial charge on any atom is 0.183 e. The van der Waals surface area contributed by atoms with E-state index in [1.807, 2.05) is 0 Å². The van der Waals surface area contributed by atoms with E-state index < -0.39 is 11.2 Å². The summed E-state index contributed by atoms with van der Waals surface area (Å²) in [6, 6.07) is 4.72. The fraction of sp³-hybridized carbons (Fsp3) is 0.300. The predicted molar refractivity (Wildman–Crippen MR) is 58.7 cm³/mol. The van der Waals surface area contributed by atoms with Gasteiger partial charge in [-0.15, -0.1) is 11.6 Å². The van der Waals surface area contributed by atoms with Crippen molar-refractivity contribution in [3.63, 3.8) is 0 Å². The number of carbonyl (C=O) groups excluding carboxylic acids is 1. The standard InChI is InChI=1S/C10H9BrClFO/c1-6(12)10(14)8-4-2-3-7(5-11)9(8)13/h2-4,6H,5H2,1H3. The maximum atomic E-state index is 13.6. The molecule has 1 atom stereocenters. The second-order valence-electron chi connectivity index (χ2n) is 2.89. The molecule has 1 nitrogen and oxygen atoms in total. The Morgan fingerprint density at radius 2 is 2.29 bits per heavy atom. The molecule has 0 radical (unpaired) electrons. The molecule has 1 aromatic rings. The van der Waals surface area contributed by atoms with Crippen molar-refractivity contribution in [2.75, 3.05) is 0 Å². The minimum absolute atomic E-state index is 0.0597. The van der Waals surface area contributed by atoms with Crippen LogP contribution in [-0.4, -0.2) is 11.2 Å². The summed E-state index contributed by atoms with van der Waals surface area (Å²) in [5, 5.41) is -0.313. The first-order chi connectivity index (χ1) is 6.57. The van der Waals surface area contributed by atoms with Crippen LogP contribution in [0.25, 0.3) is 0 Å². The van der Waals surface area contributed by atoms with Crippen LogP contribution < -0.4 is 0 Å². The molecule has 0 spiro atoms. The lowest BCUT2D eigenvalue weighted by atomic mass is 10.1. The minimum Gasteiger partial charge on any atom is -0.292 e. The molecule has 0 heterocycles. The van der Waals surface area contributed by atoms with E-state index in [9.17, 15) is 9.18 Å². The summed E-state index contributed by atoms with van der Waals surface area (Å²) >= 11 is 8.75. The van der Waals surface area contributed by atoms with Gasteiger partial charge in [0.2, 0.25) is 0 Å². The fourth-order valence-electron chi connectivity index (χ4n) is 1.09. The lowest BCUT2D eigenvalue weighted by Gasteiger charge is -2.06. The predicted octanol–water partition coefficient (Wildman–Crippen LogP) is 3.53. The molecule has 0 aliphatic carbocycles. The quantitative estimate of drug-likeness (QED) is 0.611. The maximum absolute atomic E-state index is 13.6. The molecule has 0 fully saturated rings. The fourth-order valence-corrected chi connectivity index (χ4v) is 1.64. The van der Waals surface area contributed by atoms with Crippen molar-refractivity contribution in [2.45, 2.75) is 17.6 Å². The largest absolute Gasteiger partial charge is 0.292 e. The minimum atomic E-state index is -0.699. The number of benzene rings is 1. The second-order valence-corrected chi connectivity index (χ2v) is 4.11. The van der Waals surface area contributed by atoms with Crippen LogP contribution in [0.5, 0.6) is 0 Å². The van der Waals surface area contributed by atoms with E-state index in [0.29, 0.717) is 10.9 Å². The number of hydrogen-bond donors (Lipinski definition) is 0. The Morgan fingerprint density at radius 1 is 1.64 bits per heavy atom. The van der Waals surface area contributed by atoms with Gasteiger partial charge in [-0.25, -0.2) is 4.39 Å². The van der Waals surface area contributed by atoms with Gasteiger partial charge in [0.1, 0.15) is 5.82 Å². The zero-order valence-electron chi connectivity index (χ0n) is 7.56. The summed E-state index contributed by atoms with van der Waals surface area (Å²) < 4.78 is 13.6. The van der Waals surface area contributed by atoms with Crippen molar-refractivity contribution in [3.8, 4) is 0 Å². The molecule has 0 aromatic heterocycles. The summed E-state index contributed by atoms with van der Waals surface area (Å²) in [6.07, 6.45) is 0. The molecule has 0 aliphatic rings. The Bertz CT molecular complexity index is 352. The van der Waals surface area contributed by atoms with Crippen molar-refractivity contribution in [1.82, 2.24) is 0 Å². The van der Waals surface area contributed by atoms with Crippen LogP contribution in [0, 0.1) is 5.82 Å². The third-order valence-electron chi connectivity index (χ3n) is 1.85. The molecule has 1 unspecified atom stereocenters. The van der Waals surface area contributed by atoms with Gasteiger partial charge >= 0.3 is 0 Å². The number of halogens is 3. The first kappa shape index (κ1) is 11.7. The summed E-state index contributed by atoms with van der Waals surface area (Å²) in [6.45, 7) is 1.53. The molecular formula is C10H9BrClFO. The third kappa shape index (κ3) is 2.34. The van der Waals surface area contributed by atoms with Gasteiger partial charge < -0.3 is 0 Å². The highest BCUT2D eigenvalue weighted by Crippen LogP contribution is 2.18. The van der Waals surface area contributed by atoms with E-state index in [2.05, 4.69) is 15.9 Å². The molecule has 14 heavy (non-hydrogen) atoms. The van der Waals surface area contributed by atoms with Gasteiger partial charge in [0.05, 0.1) is 10.9 Å². The van der Waals surface area contributed by atoms with E-state index in [0.717, 1.165) is 0 Å². The third-order valence-corrected chi connectivity index (χ3v) is 2.65. The van der Waals surface area contributed by atoms with Gasteiger partial charge in [0, 0.05) is 5.33 Å². The van der Waals surface area contributed by atoms with Crippen molar-refractivity contribution in [2.24, 2.45) is 0 Å². The molecule has 0 saturated heterocycles. The smallest absolute Gasteiger partial charge is 0.183 e. The number of carbonyl (C=O) groups is 1. The highest BCUT2D eigenvalue weighted by atomic mass is 79.9. The van der Waals surface area contributed by atoms with Crippen molar-refractivity contribution >= 4 is 33.3 Å². The number of hydrogen-bond acceptors (Lipinski definition) is 1. The number of rotatable bonds is 3. The monoisotopic (exact) mass is 278 g/mol. The average molecular weight is 280 g/mol. The number of Topliss-reactive ketones (excluding diaryl/α,β-unsaturated/α-hetero) is 1. The molecule has 0 bridgehead atoms. The zero-order valence-corrected chi connectivity index (χ0v) is 9.90. The van der Waals surface area contributed by atoms with Gasteiger partial charge in [0.15, 0.2) is 5.78 Å². The Kier molecular flexibility index (Phi) is 4.08. The van der Waals surface area contributed by atoms with Crippen LogP contribution >= 0.6 is 27.5 Å². The van der Waals surface area contributed by atoms with Crippen LogP contribution in [0.2, 0.25) is 0 Å². The molecular weight excluding hydrogens is 270 g/mol. The Morgan fingerprint density at radius 3 is 2.79 bits per heavy atom. The molecule has 0 saturated carbocycles. The SMILES string of the molecule is CC(Cl)C(=O)c1cccc(CBr)c1F. The number of ketones is 1. The van der Waals surface area contributed by atoms with Crippen molar-refractivity contribution < 1.29 is 9.18 Å². The molecule has 0 N–H and O–H groups in total. The van der Waals surface area contributed by atoms with Crippen LogP contribution in [0.1, 0.15) is 22.8 Å². The molecule has 1 aromatic carbocycles.